The maximum absolute atomic E-state index is 11.8. The van der Waals surface area contributed by atoms with Crippen molar-refractivity contribution in [3.63, 3.8) is 0 Å². The minimum absolute atomic E-state index is 0.0807. The molecule has 0 unspecified atom stereocenters. The van der Waals surface area contributed by atoms with Crippen LogP contribution in [0.25, 0.3) is 11.3 Å². The molecule has 3 nitrogen and oxygen atoms in total. The number of hydrogen-bond acceptors (Lipinski definition) is 3. The van der Waals surface area contributed by atoms with Crippen LogP contribution in [-0.2, 0) is 6.54 Å². The number of benzene rings is 1. The van der Waals surface area contributed by atoms with E-state index in [2.05, 4.69) is 4.98 Å². The minimum Gasteiger partial charge on any atom is -0.308 e. The first-order valence-electron chi connectivity index (χ1n) is 5.96. The second-order valence-corrected chi connectivity index (χ2v) is 5.02. The Kier molecular flexibility index (Phi) is 3.25. The van der Waals surface area contributed by atoms with Crippen molar-refractivity contribution in [3.05, 3.63) is 75.5 Å². The molecule has 2 heterocycles. The van der Waals surface area contributed by atoms with E-state index in [1.165, 1.54) is 6.20 Å². The molecule has 0 aliphatic rings. The largest absolute Gasteiger partial charge is 0.308 e. The van der Waals surface area contributed by atoms with Crippen LogP contribution in [0.4, 0.5) is 0 Å². The summed E-state index contributed by atoms with van der Waals surface area (Å²) >= 11 is 1.62. The Bertz CT molecular complexity index is 717. The van der Waals surface area contributed by atoms with Crippen LogP contribution in [0.5, 0.6) is 0 Å². The monoisotopic (exact) mass is 268 g/mol. The van der Waals surface area contributed by atoms with Crippen LogP contribution >= 0.6 is 11.3 Å². The molecule has 3 rings (SSSR count). The minimum atomic E-state index is -0.0807. The van der Waals surface area contributed by atoms with Crippen molar-refractivity contribution in [2.45, 2.75) is 6.54 Å². The van der Waals surface area contributed by atoms with Gasteiger partial charge in [-0.1, -0.05) is 30.3 Å². The molecule has 0 N–H and O–H groups in total. The lowest BCUT2D eigenvalue weighted by Crippen LogP contribution is -2.20. The quantitative estimate of drug-likeness (QED) is 0.732. The summed E-state index contributed by atoms with van der Waals surface area (Å²) in [6.45, 7) is 0.569. The van der Waals surface area contributed by atoms with Crippen LogP contribution in [0.3, 0.4) is 0 Å². The molecule has 0 fully saturated rings. The lowest BCUT2D eigenvalue weighted by atomic mass is 10.2. The van der Waals surface area contributed by atoms with Gasteiger partial charge in [0.15, 0.2) is 0 Å². The van der Waals surface area contributed by atoms with Crippen molar-refractivity contribution >= 4 is 11.3 Å². The van der Waals surface area contributed by atoms with Crippen molar-refractivity contribution < 1.29 is 0 Å². The van der Waals surface area contributed by atoms with Crippen LogP contribution < -0.4 is 5.56 Å². The van der Waals surface area contributed by atoms with Crippen molar-refractivity contribution in [2.75, 3.05) is 0 Å². The lowest BCUT2D eigenvalue weighted by molar-refractivity contribution is 0.750. The first-order chi connectivity index (χ1) is 9.33. The van der Waals surface area contributed by atoms with Gasteiger partial charge in [0.25, 0.3) is 5.56 Å². The summed E-state index contributed by atoms with van der Waals surface area (Å²) in [6, 6.07) is 11.9. The maximum atomic E-state index is 11.8. The van der Waals surface area contributed by atoms with E-state index in [0.717, 1.165) is 16.8 Å². The topological polar surface area (TPSA) is 34.9 Å². The summed E-state index contributed by atoms with van der Waals surface area (Å²) < 4.78 is 1.69. The Morgan fingerprint density at radius 1 is 1.16 bits per heavy atom. The standard InChI is InChI=1S/C15H12N2OS/c18-15-8-16-14(13-6-7-19-11-13)10-17(15)9-12-4-2-1-3-5-12/h1-8,10-11H,9H2. The molecular weight excluding hydrogens is 256 g/mol. The van der Waals surface area contributed by atoms with Gasteiger partial charge in [-0.3, -0.25) is 4.79 Å². The van der Waals surface area contributed by atoms with Gasteiger partial charge >= 0.3 is 0 Å². The molecule has 0 amide bonds. The van der Waals surface area contributed by atoms with Gasteiger partial charge in [0.1, 0.15) is 0 Å². The summed E-state index contributed by atoms with van der Waals surface area (Å²) in [5.41, 5.74) is 2.90. The maximum Gasteiger partial charge on any atom is 0.269 e. The van der Waals surface area contributed by atoms with Gasteiger partial charge in [-0.15, -0.1) is 0 Å². The summed E-state index contributed by atoms with van der Waals surface area (Å²) in [5, 5.41) is 4.03. The second kappa shape index (κ2) is 5.20. The van der Waals surface area contributed by atoms with E-state index in [4.69, 9.17) is 0 Å². The highest BCUT2D eigenvalue weighted by molar-refractivity contribution is 7.08. The first-order valence-corrected chi connectivity index (χ1v) is 6.90. The van der Waals surface area contributed by atoms with Crippen molar-refractivity contribution in [1.29, 1.82) is 0 Å². The Morgan fingerprint density at radius 3 is 2.74 bits per heavy atom. The summed E-state index contributed by atoms with van der Waals surface area (Å²) in [4.78, 5) is 16.0. The van der Waals surface area contributed by atoms with Crippen LogP contribution in [0.1, 0.15) is 5.56 Å². The van der Waals surface area contributed by atoms with Gasteiger partial charge in [0.05, 0.1) is 18.4 Å². The van der Waals surface area contributed by atoms with Gasteiger partial charge in [-0.05, 0) is 17.0 Å². The molecule has 0 bridgehead atoms. The van der Waals surface area contributed by atoms with Gasteiger partial charge in [0.2, 0.25) is 0 Å². The van der Waals surface area contributed by atoms with E-state index in [1.54, 1.807) is 15.9 Å². The average Bonchev–Trinajstić information content (AvgIpc) is 2.96. The smallest absolute Gasteiger partial charge is 0.269 e. The third-order valence-electron chi connectivity index (χ3n) is 2.89. The van der Waals surface area contributed by atoms with Gasteiger partial charge < -0.3 is 4.57 Å². The molecule has 19 heavy (non-hydrogen) atoms. The van der Waals surface area contributed by atoms with E-state index < -0.39 is 0 Å². The first kappa shape index (κ1) is 11.9. The third kappa shape index (κ3) is 2.63. The molecule has 0 saturated carbocycles. The Morgan fingerprint density at radius 2 is 2.00 bits per heavy atom. The zero-order chi connectivity index (χ0) is 13.1. The average molecular weight is 268 g/mol. The molecule has 0 spiro atoms. The number of nitrogens with zero attached hydrogens (tertiary/aromatic N) is 2. The number of aromatic nitrogens is 2. The van der Waals surface area contributed by atoms with Crippen LogP contribution in [0.2, 0.25) is 0 Å². The molecule has 0 atom stereocenters. The van der Waals surface area contributed by atoms with Crippen LogP contribution in [0.15, 0.2) is 64.3 Å². The van der Waals surface area contributed by atoms with Gasteiger partial charge in [0, 0.05) is 17.1 Å². The van der Waals surface area contributed by atoms with Crippen LogP contribution in [-0.4, -0.2) is 9.55 Å². The predicted octanol–water partition coefficient (Wildman–Crippen LogP) is 3.02. The third-order valence-corrected chi connectivity index (χ3v) is 3.57. The SMILES string of the molecule is O=c1cnc(-c2ccsc2)cn1Cc1ccccc1. The molecule has 0 radical (unpaired) electrons. The van der Waals surface area contributed by atoms with Crippen molar-refractivity contribution in [1.82, 2.24) is 9.55 Å². The van der Waals surface area contributed by atoms with E-state index >= 15 is 0 Å². The fourth-order valence-electron chi connectivity index (χ4n) is 1.91. The molecule has 2 aromatic heterocycles. The predicted molar refractivity (Wildman–Crippen MR) is 77.4 cm³/mol. The number of hydrogen-bond donors (Lipinski definition) is 0. The van der Waals surface area contributed by atoms with Gasteiger partial charge in [-0.25, -0.2) is 4.98 Å². The fourth-order valence-corrected chi connectivity index (χ4v) is 2.56. The Labute approximate surface area is 114 Å². The molecule has 3 aromatic rings. The highest BCUT2D eigenvalue weighted by atomic mass is 32.1. The fraction of sp³-hybridized carbons (Fsp3) is 0.0667. The Balaban J connectivity index is 1.97. The summed E-state index contributed by atoms with van der Waals surface area (Å²) in [5.74, 6) is 0. The normalized spacial score (nSPS) is 10.5. The Hall–Kier alpha value is -2.20. The van der Waals surface area contributed by atoms with Crippen molar-refractivity contribution in [3.8, 4) is 11.3 Å². The van der Waals surface area contributed by atoms with E-state index in [-0.39, 0.29) is 5.56 Å². The molecule has 1 aromatic carbocycles. The summed E-state index contributed by atoms with van der Waals surface area (Å²) in [6.07, 6.45) is 3.20. The van der Waals surface area contributed by atoms with E-state index in [9.17, 15) is 4.79 Å². The zero-order valence-corrected chi connectivity index (χ0v) is 11.0. The van der Waals surface area contributed by atoms with Crippen LogP contribution in [0, 0.1) is 0 Å². The van der Waals surface area contributed by atoms with Gasteiger partial charge in [-0.2, -0.15) is 11.3 Å². The molecule has 0 aliphatic carbocycles. The summed E-state index contributed by atoms with van der Waals surface area (Å²) in [7, 11) is 0. The molecule has 0 aliphatic heterocycles. The second-order valence-electron chi connectivity index (χ2n) is 4.24. The lowest BCUT2D eigenvalue weighted by Gasteiger charge is -2.07. The zero-order valence-electron chi connectivity index (χ0n) is 10.2. The highest BCUT2D eigenvalue weighted by Crippen LogP contribution is 2.18. The van der Waals surface area contributed by atoms with Crippen molar-refractivity contribution in [2.24, 2.45) is 0 Å². The molecule has 0 saturated heterocycles. The number of rotatable bonds is 3. The van der Waals surface area contributed by atoms with E-state index in [1.807, 2.05) is 53.4 Å². The van der Waals surface area contributed by atoms with E-state index in [0.29, 0.717) is 6.54 Å². The highest BCUT2D eigenvalue weighted by Gasteiger charge is 2.04. The molecular formula is C15H12N2OS. The molecule has 4 heteroatoms. The molecule has 94 valence electrons. The number of thiophene rings is 1.